The van der Waals surface area contributed by atoms with Crippen LogP contribution in [0.5, 0.6) is 0 Å². The van der Waals surface area contributed by atoms with E-state index in [2.05, 4.69) is 17.6 Å². The molecule has 1 aromatic heterocycles. The SMILES string of the molecule is CCCCCCCCCCCCCCCC(=O)N[C@H](CC(=O)O)C(=O)NCC(=O)O[C@]1(CC)C(=O)OCC2=C1CC1c3nc4ccccc4cc3CN1C2=O. The fourth-order valence-corrected chi connectivity index (χ4v) is 8.01. The van der Waals surface area contributed by atoms with E-state index in [9.17, 15) is 33.9 Å². The summed E-state index contributed by atoms with van der Waals surface area (Å²) in [6.45, 7) is 3.25. The van der Waals surface area contributed by atoms with Crippen LogP contribution in [0.15, 0.2) is 41.5 Å². The Morgan fingerprint density at radius 2 is 1.62 bits per heavy atom. The zero-order valence-corrected chi connectivity index (χ0v) is 32.3. The minimum atomic E-state index is -1.90. The number of unbranched alkanes of at least 4 members (excludes halogenated alkanes) is 12. The van der Waals surface area contributed by atoms with Crippen molar-refractivity contribution in [1.29, 1.82) is 0 Å². The van der Waals surface area contributed by atoms with E-state index in [-0.39, 0.29) is 37.3 Å². The number of ether oxygens (including phenoxy) is 2. The highest BCUT2D eigenvalue weighted by atomic mass is 16.6. The molecule has 298 valence electrons. The number of amides is 3. The van der Waals surface area contributed by atoms with E-state index in [1.54, 1.807) is 11.8 Å². The number of rotatable bonds is 22. The van der Waals surface area contributed by atoms with E-state index >= 15 is 0 Å². The van der Waals surface area contributed by atoms with Crippen molar-refractivity contribution in [3.8, 4) is 0 Å². The van der Waals surface area contributed by atoms with E-state index in [0.29, 0.717) is 18.5 Å². The normalized spacial score (nSPS) is 19.3. The van der Waals surface area contributed by atoms with Gasteiger partial charge in [0, 0.05) is 18.4 Å². The smallest absolute Gasteiger partial charge is 0.355 e. The third kappa shape index (κ3) is 10.3. The number of cyclic esters (lactones) is 1. The molecule has 2 aromatic rings. The van der Waals surface area contributed by atoms with Gasteiger partial charge in [-0.15, -0.1) is 0 Å². The predicted octanol–water partition coefficient (Wildman–Crippen LogP) is 6.12. The standard InChI is InChI=1S/C42H56N4O9/c1-3-5-6-7-8-9-10-11-12-13-14-15-16-21-35(47)44-33(24-36(48)49)39(51)43-25-37(50)55-42(4-2)31-23-34-38-29(22-28-19-17-18-20-32(28)45-38)26-46(34)40(52)30(31)27-54-41(42)53/h17-20,22,33-34H,3-16,21,23-27H2,1-2H3,(H,43,51)(H,44,47)(H,48,49)/t33-,34?,42+/m1/s1. The number of fused-ring (bicyclic) bond motifs is 4. The molecule has 0 saturated carbocycles. The molecule has 0 aliphatic carbocycles. The number of carbonyl (C=O) groups excluding carboxylic acids is 5. The molecule has 0 saturated heterocycles. The molecule has 3 atom stereocenters. The molecule has 1 unspecified atom stereocenters. The van der Waals surface area contributed by atoms with Crippen LogP contribution in [0.25, 0.3) is 10.9 Å². The van der Waals surface area contributed by atoms with Crippen molar-refractivity contribution in [2.24, 2.45) is 0 Å². The largest absolute Gasteiger partial charge is 0.481 e. The van der Waals surface area contributed by atoms with Gasteiger partial charge in [0.1, 0.15) is 19.2 Å². The highest BCUT2D eigenvalue weighted by Gasteiger charge is 2.55. The third-order valence-corrected chi connectivity index (χ3v) is 11.0. The van der Waals surface area contributed by atoms with Crippen LogP contribution >= 0.6 is 0 Å². The molecule has 3 aliphatic heterocycles. The van der Waals surface area contributed by atoms with Gasteiger partial charge in [0.15, 0.2) is 0 Å². The Hall–Kier alpha value is -4.81. The first-order chi connectivity index (χ1) is 26.6. The van der Waals surface area contributed by atoms with Gasteiger partial charge in [0.2, 0.25) is 17.4 Å². The maximum atomic E-state index is 13.8. The summed E-state index contributed by atoms with van der Waals surface area (Å²) in [6.07, 6.45) is 14.7. The number of nitrogens with one attached hydrogen (secondary N) is 2. The average molecular weight is 761 g/mol. The number of aromatic nitrogens is 1. The molecule has 55 heavy (non-hydrogen) atoms. The molecular formula is C42H56N4O9. The van der Waals surface area contributed by atoms with Gasteiger partial charge in [-0.1, -0.05) is 109 Å². The van der Waals surface area contributed by atoms with Gasteiger partial charge >= 0.3 is 17.9 Å². The number of hydrogen-bond acceptors (Lipinski definition) is 9. The summed E-state index contributed by atoms with van der Waals surface area (Å²) in [5.41, 5.74) is 1.10. The molecule has 13 nitrogen and oxygen atoms in total. The summed E-state index contributed by atoms with van der Waals surface area (Å²) < 4.78 is 11.2. The minimum absolute atomic E-state index is 0.0285. The summed E-state index contributed by atoms with van der Waals surface area (Å²) in [5, 5.41) is 15.2. The van der Waals surface area contributed by atoms with Gasteiger partial charge in [0.05, 0.1) is 29.2 Å². The van der Waals surface area contributed by atoms with Crippen molar-refractivity contribution in [2.75, 3.05) is 13.2 Å². The number of carboxylic acids is 1. The second-order valence-corrected chi connectivity index (χ2v) is 15.0. The zero-order chi connectivity index (χ0) is 39.4. The number of hydrogen-bond donors (Lipinski definition) is 3. The van der Waals surface area contributed by atoms with Gasteiger partial charge in [-0.2, -0.15) is 0 Å². The monoisotopic (exact) mass is 760 g/mol. The van der Waals surface area contributed by atoms with Crippen molar-refractivity contribution in [2.45, 2.75) is 147 Å². The number of aliphatic carboxylic acids is 1. The van der Waals surface area contributed by atoms with Gasteiger partial charge in [0.25, 0.3) is 5.91 Å². The van der Waals surface area contributed by atoms with Crippen molar-refractivity contribution in [3.05, 3.63) is 52.7 Å². The number of pyridine rings is 1. The highest BCUT2D eigenvalue weighted by molar-refractivity contribution is 6.02. The average Bonchev–Trinajstić information content (AvgIpc) is 3.53. The number of carboxylic acid groups (broad SMARTS) is 1. The van der Waals surface area contributed by atoms with Crippen molar-refractivity contribution in [1.82, 2.24) is 20.5 Å². The summed E-state index contributed by atoms with van der Waals surface area (Å²) in [5.74, 6) is -4.76. The van der Waals surface area contributed by atoms with Gasteiger partial charge in [-0.3, -0.25) is 29.0 Å². The van der Waals surface area contributed by atoms with Crippen LogP contribution in [0.1, 0.15) is 140 Å². The summed E-state index contributed by atoms with van der Waals surface area (Å²) >= 11 is 0. The molecule has 5 rings (SSSR count). The first kappa shape index (κ1) is 41.4. The Balaban J connectivity index is 1.11. The second kappa shape index (κ2) is 19.7. The predicted molar refractivity (Wildman–Crippen MR) is 204 cm³/mol. The number of para-hydroxylation sites is 1. The molecule has 0 fully saturated rings. The summed E-state index contributed by atoms with van der Waals surface area (Å²) in [7, 11) is 0. The van der Waals surface area contributed by atoms with Gasteiger partial charge in [-0.05, 0) is 42.5 Å². The number of esters is 2. The van der Waals surface area contributed by atoms with Crippen LogP contribution in [-0.4, -0.2) is 75.4 Å². The fraction of sp³-hybridized carbons (Fsp3) is 0.595. The molecular weight excluding hydrogens is 704 g/mol. The minimum Gasteiger partial charge on any atom is -0.481 e. The Kier molecular flexibility index (Phi) is 14.8. The molecule has 3 aliphatic rings. The lowest BCUT2D eigenvalue weighted by Crippen LogP contribution is -2.55. The van der Waals surface area contributed by atoms with Crippen molar-refractivity contribution in [3.63, 3.8) is 0 Å². The number of nitrogens with zero attached hydrogens (tertiary/aromatic N) is 2. The lowest BCUT2D eigenvalue weighted by Gasteiger charge is -2.42. The number of carbonyl (C=O) groups is 6. The zero-order valence-electron chi connectivity index (χ0n) is 32.3. The van der Waals surface area contributed by atoms with Crippen LogP contribution in [0.3, 0.4) is 0 Å². The molecule has 13 heteroatoms. The van der Waals surface area contributed by atoms with Crippen LogP contribution in [0.4, 0.5) is 0 Å². The van der Waals surface area contributed by atoms with Crippen LogP contribution in [0.2, 0.25) is 0 Å². The molecule has 0 bridgehead atoms. The quantitative estimate of drug-likeness (QED) is 0.0934. The van der Waals surface area contributed by atoms with E-state index in [1.165, 1.54) is 57.8 Å². The lowest BCUT2D eigenvalue weighted by molar-refractivity contribution is -0.181. The highest BCUT2D eigenvalue weighted by Crippen LogP contribution is 2.48. The molecule has 3 N–H and O–H groups in total. The molecule has 1 aromatic carbocycles. The molecule has 0 radical (unpaired) electrons. The maximum Gasteiger partial charge on any atom is 0.355 e. The van der Waals surface area contributed by atoms with E-state index in [0.717, 1.165) is 41.4 Å². The lowest BCUT2D eigenvalue weighted by atomic mass is 9.78. The second-order valence-electron chi connectivity index (χ2n) is 15.0. The molecule has 0 spiro atoms. The van der Waals surface area contributed by atoms with Crippen molar-refractivity contribution < 1.29 is 43.3 Å². The third-order valence-electron chi connectivity index (χ3n) is 11.0. The fourth-order valence-electron chi connectivity index (χ4n) is 8.01. The number of benzene rings is 1. The van der Waals surface area contributed by atoms with E-state index in [1.807, 2.05) is 30.3 Å². The Labute approximate surface area is 323 Å². The molecule has 4 heterocycles. The maximum absolute atomic E-state index is 13.8. The van der Waals surface area contributed by atoms with E-state index < -0.39 is 60.4 Å². The van der Waals surface area contributed by atoms with Crippen LogP contribution in [-0.2, 0) is 44.8 Å². The summed E-state index contributed by atoms with van der Waals surface area (Å²) in [4.78, 5) is 84.4. The Morgan fingerprint density at radius 3 is 2.27 bits per heavy atom. The first-order valence-corrected chi connectivity index (χ1v) is 20.2. The Bertz CT molecular complexity index is 1770. The topological polar surface area (TPSA) is 181 Å². The van der Waals surface area contributed by atoms with Gasteiger partial charge < -0.3 is 30.1 Å². The van der Waals surface area contributed by atoms with Crippen LogP contribution in [0, 0.1) is 0 Å². The summed E-state index contributed by atoms with van der Waals surface area (Å²) in [6, 6.07) is 7.78. The molecule has 3 amide bonds. The Morgan fingerprint density at radius 1 is 0.964 bits per heavy atom. The van der Waals surface area contributed by atoms with Gasteiger partial charge in [-0.25, -0.2) is 4.79 Å². The van der Waals surface area contributed by atoms with Crippen LogP contribution < -0.4 is 10.6 Å². The first-order valence-electron chi connectivity index (χ1n) is 20.2. The van der Waals surface area contributed by atoms with E-state index in [4.69, 9.17) is 14.5 Å². The van der Waals surface area contributed by atoms with Crippen molar-refractivity contribution >= 4 is 46.5 Å².